The zero-order valence-electron chi connectivity index (χ0n) is 16.1. The van der Waals surface area contributed by atoms with E-state index in [1.807, 2.05) is 36.5 Å². The van der Waals surface area contributed by atoms with E-state index in [9.17, 15) is 4.79 Å². The van der Waals surface area contributed by atoms with Crippen molar-refractivity contribution in [2.45, 2.75) is 19.5 Å². The van der Waals surface area contributed by atoms with E-state index in [2.05, 4.69) is 49.0 Å². The zero-order chi connectivity index (χ0) is 19.6. The number of benzene rings is 2. The number of aromatic amines is 1. The van der Waals surface area contributed by atoms with Gasteiger partial charge in [-0.05, 0) is 41.3 Å². The molecule has 0 spiro atoms. The highest BCUT2D eigenvalue weighted by molar-refractivity contribution is 6.03. The number of nitrogens with zero attached hydrogens (tertiary/aromatic N) is 3. The Morgan fingerprint density at radius 1 is 1.07 bits per heavy atom. The Bertz CT molecular complexity index is 1140. The topological polar surface area (TPSA) is 66.0 Å². The van der Waals surface area contributed by atoms with Crippen LogP contribution < -0.4 is 5.32 Å². The molecule has 0 fully saturated rings. The van der Waals surface area contributed by atoms with Gasteiger partial charge in [0.15, 0.2) is 0 Å². The second-order valence-electron chi connectivity index (χ2n) is 7.46. The number of hydrogen-bond donors (Lipinski definition) is 2. The highest BCUT2D eigenvalue weighted by Gasteiger charge is 2.21. The van der Waals surface area contributed by atoms with Crippen LogP contribution in [0.5, 0.6) is 0 Å². The number of rotatable bonds is 4. The first-order valence-corrected chi connectivity index (χ1v) is 9.95. The van der Waals surface area contributed by atoms with Gasteiger partial charge in [-0.15, -0.1) is 0 Å². The molecule has 29 heavy (non-hydrogen) atoms. The molecular weight excluding hydrogens is 362 g/mol. The third kappa shape index (κ3) is 3.67. The fourth-order valence-corrected chi connectivity index (χ4v) is 3.99. The van der Waals surface area contributed by atoms with Gasteiger partial charge in [0.2, 0.25) is 0 Å². The number of para-hydroxylation sites is 1. The Labute approximate surface area is 169 Å². The van der Waals surface area contributed by atoms with E-state index < -0.39 is 0 Å². The minimum absolute atomic E-state index is 0.110. The molecule has 2 aromatic carbocycles. The maximum Gasteiger partial charge on any atom is 0.273 e. The van der Waals surface area contributed by atoms with Gasteiger partial charge < -0.3 is 14.9 Å². The van der Waals surface area contributed by atoms with Gasteiger partial charge >= 0.3 is 0 Å². The van der Waals surface area contributed by atoms with Gasteiger partial charge in [-0.25, -0.2) is 4.98 Å². The van der Waals surface area contributed by atoms with E-state index in [1.165, 1.54) is 16.5 Å². The van der Waals surface area contributed by atoms with E-state index in [-0.39, 0.29) is 5.91 Å². The zero-order valence-corrected chi connectivity index (χ0v) is 16.1. The molecule has 2 N–H and O–H groups in total. The molecule has 6 nitrogen and oxygen atoms in total. The number of amides is 1. The lowest BCUT2D eigenvalue weighted by atomic mass is 10.1. The molecule has 0 saturated carbocycles. The lowest BCUT2D eigenvalue weighted by molar-refractivity contribution is 0.101. The number of carbonyl (C=O) groups is 1. The molecule has 0 unspecified atom stereocenters. The van der Waals surface area contributed by atoms with Crippen molar-refractivity contribution in [3.05, 3.63) is 84.1 Å². The van der Waals surface area contributed by atoms with Gasteiger partial charge in [-0.3, -0.25) is 9.69 Å². The summed E-state index contributed by atoms with van der Waals surface area (Å²) in [5.41, 5.74) is 3.89. The van der Waals surface area contributed by atoms with Crippen LogP contribution in [-0.2, 0) is 19.5 Å². The van der Waals surface area contributed by atoms with Crippen LogP contribution in [0.2, 0.25) is 0 Å². The number of fused-ring (bicyclic) bond motifs is 2. The maximum absolute atomic E-state index is 12.7. The molecule has 5 rings (SSSR count). The molecule has 6 heteroatoms. The van der Waals surface area contributed by atoms with E-state index in [1.54, 1.807) is 6.20 Å². The summed E-state index contributed by atoms with van der Waals surface area (Å²) in [6, 6.07) is 18.2. The van der Waals surface area contributed by atoms with Crippen LogP contribution in [0, 0.1) is 0 Å². The second kappa shape index (κ2) is 7.56. The smallest absolute Gasteiger partial charge is 0.273 e. The number of hydrogen-bond acceptors (Lipinski definition) is 3. The summed E-state index contributed by atoms with van der Waals surface area (Å²) in [6.45, 7) is 3.48. The van der Waals surface area contributed by atoms with Crippen LogP contribution in [-0.4, -0.2) is 38.4 Å². The van der Waals surface area contributed by atoms with Gasteiger partial charge in [0.05, 0.1) is 6.20 Å². The monoisotopic (exact) mass is 385 g/mol. The number of carbonyl (C=O) groups excluding carboxylic acids is 1. The van der Waals surface area contributed by atoms with E-state index in [0.29, 0.717) is 5.69 Å². The summed E-state index contributed by atoms with van der Waals surface area (Å²) < 4.78 is 2.06. The molecule has 3 heterocycles. The third-order valence-corrected chi connectivity index (χ3v) is 5.52. The highest BCUT2D eigenvalue weighted by Crippen LogP contribution is 2.18. The normalized spacial score (nSPS) is 14.5. The summed E-state index contributed by atoms with van der Waals surface area (Å²) in [7, 11) is 0. The van der Waals surface area contributed by atoms with Crippen LogP contribution in [0.3, 0.4) is 0 Å². The van der Waals surface area contributed by atoms with Crippen molar-refractivity contribution in [2.75, 3.05) is 18.4 Å². The molecule has 2 aromatic heterocycles. The Kier molecular flexibility index (Phi) is 4.62. The van der Waals surface area contributed by atoms with Crippen molar-refractivity contribution in [1.82, 2.24) is 19.4 Å². The Morgan fingerprint density at radius 3 is 2.86 bits per heavy atom. The van der Waals surface area contributed by atoms with Gasteiger partial charge in [-0.2, -0.15) is 0 Å². The molecule has 0 bridgehead atoms. The minimum Gasteiger partial charge on any atom is -0.361 e. The second-order valence-corrected chi connectivity index (χ2v) is 7.46. The predicted molar refractivity (Wildman–Crippen MR) is 114 cm³/mol. The predicted octanol–water partition coefficient (Wildman–Crippen LogP) is 3.68. The first-order valence-electron chi connectivity index (χ1n) is 9.95. The molecule has 0 aliphatic carbocycles. The maximum atomic E-state index is 12.7. The number of aromatic nitrogens is 3. The van der Waals surface area contributed by atoms with Crippen molar-refractivity contribution in [3.8, 4) is 0 Å². The summed E-state index contributed by atoms with van der Waals surface area (Å²) in [5.74, 6) is 0.869. The van der Waals surface area contributed by atoms with Crippen molar-refractivity contribution in [1.29, 1.82) is 0 Å². The Hall–Kier alpha value is -3.38. The largest absolute Gasteiger partial charge is 0.361 e. The summed E-state index contributed by atoms with van der Waals surface area (Å²) >= 11 is 0. The first-order chi connectivity index (χ1) is 14.3. The molecule has 1 aliphatic rings. The fraction of sp³-hybridized carbons (Fsp3) is 0.217. The fourth-order valence-electron chi connectivity index (χ4n) is 3.99. The van der Waals surface area contributed by atoms with E-state index >= 15 is 0 Å². The van der Waals surface area contributed by atoms with Gasteiger partial charge in [0.1, 0.15) is 11.5 Å². The summed E-state index contributed by atoms with van der Waals surface area (Å²) in [5, 5.41) is 4.20. The first kappa shape index (κ1) is 17.7. The van der Waals surface area contributed by atoms with Crippen LogP contribution in [0.15, 0.2) is 67.0 Å². The molecule has 146 valence electrons. The van der Waals surface area contributed by atoms with E-state index in [0.717, 1.165) is 44.1 Å². The average Bonchev–Trinajstić information content (AvgIpc) is 3.32. The molecule has 0 saturated heterocycles. The highest BCUT2D eigenvalue weighted by atomic mass is 16.2. The summed E-state index contributed by atoms with van der Waals surface area (Å²) in [6.07, 6.45) is 4.51. The molecule has 0 atom stereocenters. The van der Waals surface area contributed by atoms with Crippen molar-refractivity contribution >= 4 is 22.5 Å². The summed E-state index contributed by atoms with van der Waals surface area (Å²) in [4.78, 5) is 22.9. The molecule has 1 amide bonds. The number of anilines is 1. The number of imidazole rings is 1. The van der Waals surface area contributed by atoms with Crippen LogP contribution >= 0.6 is 0 Å². The minimum atomic E-state index is -0.110. The van der Waals surface area contributed by atoms with Gasteiger partial charge in [0.25, 0.3) is 5.91 Å². The molecule has 4 aromatic rings. The van der Waals surface area contributed by atoms with Crippen LogP contribution in [0.25, 0.3) is 10.9 Å². The molecule has 1 aliphatic heterocycles. The van der Waals surface area contributed by atoms with Crippen LogP contribution in [0.1, 0.15) is 21.9 Å². The Balaban J connectivity index is 1.28. The number of H-pyrrole nitrogens is 1. The van der Waals surface area contributed by atoms with Crippen molar-refractivity contribution in [2.24, 2.45) is 0 Å². The van der Waals surface area contributed by atoms with Gasteiger partial charge in [-0.1, -0.05) is 24.3 Å². The molecule has 0 radical (unpaired) electrons. The van der Waals surface area contributed by atoms with Gasteiger partial charge in [0, 0.05) is 50.0 Å². The standard InChI is InChI=1S/C23H23N5O/c29-23(26-19-4-2-1-3-5-19)21-15-25-22-9-11-27(12-13-28(21)22)16-17-6-7-20-18(14-17)8-10-24-20/h1-8,10,14-15,24H,9,11-13,16H2,(H,26,29). The number of nitrogens with one attached hydrogen (secondary N) is 2. The average molecular weight is 385 g/mol. The SMILES string of the molecule is O=C(Nc1ccccc1)c1cnc2n1CCN(Cc1ccc3[nH]ccc3c1)CC2. The van der Waals surface area contributed by atoms with Crippen molar-refractivity contribution < 1.29 is 4.79 Å². The van der Waals surface area contributed by atoms with Crippen molar-refractivity contribution in [3.63, 3.8) is 0 Å². The molecular formula is C23H23N5O. The van der Waals surface area contributed by atoms with Crippen LogP contribution in [0.4, 0.5) is 5.69 Å². The Morgan fingerprint density at radius 2 is 1.97 bits per heavy atom. The third-order valence-electron chi connectivity index (χ3n) is 5.52. The van der Waals surface area contributed by atoms with E-state index in [4.69, 9.17) is 0 Å². The lowest BCUT2D eigenvalue weighted by Crippen LogP contribution is -2.27. The lowest BCUT2D eigenvalue weighted by Gasteiger charge is -2.19. The quantitative estimate of drug-likeness (QED) is 0.563.